The van der Waals surface area contributed by atoms with E-state index in [0.717, 1.165) is 0 Å². The summed E-state index contributed by atoms with van der Waals surface area (Å²) >= 11 is 1.81. The molecule has 0 saturated heterocycles. The molecule has 0 radical (unpaired) electrons. The van der Waals surface area contributed by atoms with Crippen LogP contribution in [0.2, 0.25) is 0 Å². The third kappa shape index (κ3) is 4.07. The molecule has 18 heavy (non-hydrogen) atoms. The molecule has 2 rings (SSSR count). The van der Waals surface area contributed by atoms with Crippen molar-refractivity contribution in [1.29, 1.82) is 0 Å². The molecule has 0 saturated carbocycles. The number of nitrogens with zero attached hydrogens (tertiary/aromatic N) is 4. The molecular formula is C13H18N4S. The van der Waals surface area contributed by atoms with Crippen LogP contribution in [-0.4, -0.2) is 21.1 Å². The summed E-state index contributed by atoms with van der Waals surface area (Å²) in [5, 5.41) is 11.6. The molecule has 0 unspecified atom stereocenters. The monoisotopic (exact) mass is 262 g/mol. The second kappa shape index (κ2) is 7.06. The molecule has 4 nitrogen and oxygen atoms in total. The Morgan fingerprint density at radius 3 is 2.83 bits per heavy atom. The van der Waals surface area contributed by atoms with Crippen molar-refractivity contribution in [2.75, 3.05) is 0 Å². The minimum absolute atomic E-state index is 1.18. The van der Waals surface area contributed by atoms with Crippen molar-refractivity contribution in [1.82, 2.24) is 14.9 Å². The van der Waals surface area contributed by atoms with Gasteiger partial charge in [0.1, 0.15) is 12.7 Å². The molecule has 0 aliphatic heterocycles. The number of unbranched alkanes of at least 4 members (excludes halogenated alkanes) is 3. The van der Waals surface area contributed by atoms with Gasteiger partial charge in [-0.05, 0) is 25.0 Å². The summed E-state index contributed by atoms with van der Waals surface area (Å²) in [7, 11) is 0. The third-order valence-electron chi connectivity index (χ3n) is 2.68. The first-order valence-corrected chi connectivity index (χ1v) is 7.18. The van der Waals surface area contributed by atoms with E-state index in [0.29, 0.717) is 0 Å². The summed E-state index contributed by atoms with van der Waals surface area (Å²) < 4.78 is 1.60. The standard InChI is InChI=1S/C13H18N4S/c1-2-3-4-5-6-12-7-8-13(18-12)9-16-17-10-14-15-11-17/h7-11H,2-6H2,1H3/b16-9+. The lowest BCUT2D eigenvalue weighted by atomic mass is 10.1. The zero-order valence-corrected chi connectivity index (χ0v) is 11.4. The molecular weight excluding hydrogens is 244 g/mol. The van der Waals surface area contributed by atoms with E-state index in [2.05, 4.69) is 34.4 Å². The quantitative estimate of drug-likeness (QED) is 0.567. The van der Waals surface area contributed by atoms with E-state index in [1.165, 1.54) is 41.9 Å². The second-order valence-electron chi connectivity index (χ2n) is 4.20. The number of aromatic nitrogens is 3. The molecule has 0 bridgehead atoms. The van der Waals surface area contributed by atoms with Crippen molar-refractivity contribution >= 4 is 17.6 Å². The summed E-state index contributed by atoms with van der Waals surface area (Å²) in [6, 6.07) is 4.32. The van der Waals surface area contributed by atoms with Gasteiger partial charge in [-0.2, -0.15) is 5.10 Å². The maximum Gasteiger partial charge on any atom is 0.141 e. The summed E-state index contributed by atoms with van der Waals surface area (Å²) in [4.78, 5) is 2.62. The molecule has 0 amide bonds. The molecule has 96 valence electrons. The van der Waals surface area contributed by atoms with Gasteiger partial charge in [0.05, 0.1) is 6.21 Å². The topological polar surface area (TPSA) is 43.1 Å². The van der Waals surface area contributed by atoms with Crippen molar-refractivity contribution in [3.05, 3.63) is 34.5 Å². The predicted octanol–water partition coefficient (Wildman–Crippen LogP) is 3.34. The van der Waals surface area contributed by atoms with E-state index >= 15 is 0 Å². The van der Waals surface area contributed by atoms with Crippen LogP contribution < -0.4 is 0 Å². The first kappa shape index (κ1) is 13.0. The summed E-state index contributed by atoms with van der Waals surface area (Å²) in [5.41, 5.74) is 0. The second-order valence-corrected chi connectivity index (χ2v) is 5.40. The molecule has 0 fully saturated rings. The Kier molecular flexibility index (Phi) is 5.08. The molecule has 2 heterocycles. The lowest BCUT2D eigenvalue weighted by Crippen LogP contribution is -1.84. The minimum atomic E-state index is 1.18. The van der Waals surface area contributed by atoms with Gasteiger partial charge in [0.25, 0.3) is 0 Å². The third-order valence-corrected chi connectivity index (χ3v) is 3.76. The van der Waals surface area contributed by atoms with Crippen LogP contribution >= 0.6 is 11.3 Å². The van der Waals surface area contributed by atoms with Crippen LogP contribution in [0.1, 0.15) is 42.4 Å². The molecule has 2 aromatic heterocycles. The van der Waals surface area contributed by atoms with Crippen molar-refractivity contribution in [3.63, 3.8) is 0 Å². The van der Waals surface area contributed by atoms with Crippen LogP contribution in [0.5, 0.6) is 0 Å². The van der Waals surface area contributed by atoms with Gasteiger partial charge in [-0.3, -0.25) is 0 Å². The van der Waals surface area contributed by atoms with E-state index in [1.807, 2.05) is 17.6 Å². The summed E-state index contributed by atoms with van der Waals surface area (Å²) in [5.74, 6) is 0. The van der Waals surface area contributed by atoms with Crippen molar-refractivity contribution in [3.8, 4) is 0 Å². The lowest BCUT2D eigenvalue weighted by molar-refractivity contribution is 0.670. The largest absolute Gasteiger partial charge is 0.208 e. The minimum Gasteiger partial charge on any atom is -0.208 e. The average molecular weight is 262 g/mol. The molecule has 2 aromatic rings. The molecule has 0 atom stereocenters. The average Bonchev–Trinajstić information content (AvgIpc) is 3.03. The van der Waals surface area contributed by atoms with Gasteiger partial charge in [-0.15, -0.1) is 21.5 Å². The van der Waals surface area contributed by atoms with Crippen LogP contribution in [0.4, 0.5) is 0 Å². The zero-order chi connectivity index (χ0) is 12.6. The summed E-state index contributed by atoms with van der Waals surface area (Å²) in [6.45, 7) is 2.24. The Morgan fingerprint density at radius 1 is 1.22 bits per heavy atom. The zero-order valence-electron chi connectivity index (χ0n) is 10.6. The number of hydrogen-bond acceptors (Lipinski definition) is 4. The van der Waals surface area contributed by atoms with Gasteiger partial charge in [-0.25, -0.2) is 4.68 Å². The fraction of sp³-hybridized carbons (Fsp3) is 0.462. The highest BCUT2D eigenvalue weighted by molar-refractivity contribution is 7.13. The number of hydrogen-bond donors (Lipinski definition) is 0. The van der Waals surface area contributed by atoms with E-state index < -0.39 is 0 Å². The van der Waals surface area contributed by atoms with E-state index in [-0.39, 0.29) is 0 Å². The molecule has 0 aliphatic carbocycles. The smallest absolute Gasteiger partial charge is 0.141 e. The van der Waals surface area contributed by atoms with Crippen LogP contribution in [0.25, 0.3) is 0 Å². The highest BCUT2D eigenvalue weighted by atomic mass is 32.1. The van der Waals surface area contributed by atoms with Crippen LogP contribution in [-0.2, 0) is 6.42 Å². The number of rotatable bonds is 7. The van der Waals surface area contributed by atoms with Crippen molar-refractivity contribution in [2.24, 2.45) is 5.10 Å². The predicted molar refractivity (Wildman–Crippen MR) is 75.2 cm³/mol. The normalized spacial score (nSPS) is 11.4. The van der Waals surface area contributed by atoms with Gasteiger partial charge >= 0.3 is 0 Å². The van der Waals surface area contributed by atoms with Gasteiger partial charge < -0.3 is 0 Å². The number of thiophene rings is 1. The van der Waals surface area contributed by atoms with Crippen molar-refractivity contribution < 1.29 is 0 Å². The number of aryl methyl sites for hydroxylation is 1. The van der Waals surface area contributed by atoms with E-state index in [4.69, 9.17) is 0 Å². The Bertz CT molecular complexity index is 473. The first-order valence-electron chi connectivity index (χ1n) is 6.36. The maximum atomic E-state index is 4.24. The molecule has 0 aromatic carbocycles. The highest BCUT2D eigenvalue weighted by Crippen LogP contribution is 2.17. The fourth-order valence-corrected chi connectivity index (χ4v) is 2.62. The van der Waals surface area contributed by atoms with E-state index in [1.54, 1.807) is 17.3 Å². The van der Waals surface area contributed by atoms with Crippen LogP contribution in [0.3, 0.4) is 0 Å². The van der Waals surface area contributed by atoms with Gasteiger partial charge in [0, 0.05) is 9.75 Å². The van der Waals surface area contributed by atoms with Gasteiger partial charge in [0.15, 0.2) is 0 Å². The molecule has 0 spiro atoms. The van der Waals surface area contributed by atoms with Gasteiger partial charge in [0.2, 0.25) is 0 Å². The summed E-state index contributed by atoms with van der Waals surface area (Å²) in [6.07, 6.45) is 11.4. The maximum absolute atomic E-state index is 4.24. The first-order chi connectivity index (χ1) is 8.88. The molecule has 0 N–H and O–H groups in total. The van der Waals surface area contributed by atoms with Gasteiger partial charge in [-0.1, -0.05) is 26.2 Å². The Morgan fingerprint density at radius 2 is 2.06 bits per heavy atom. The van der Waals surface area contributed by atoms with E-state index in [9.17, 15) is 0 Å². The van der Waals surface area contributed by atoms with Crippen molar-refractivity contribution in [2.45, 2.75) is 39.0 Å². The Hall–Kier alpha value is -1.49. The molecule has 5 heteroatoms. The lowest BCUT2D eigenvalue weighted by Gasteiger charge is -1.96. The Balaban J connectivity index is 1.82. The van der Waals surface area contributed by atoms with Crippen LogP contribution in [0, 0.1) is 0 Å². The highest BCUT2D eigenvalue weighted by Gasteiger charge is 1.98. The fourth-order valence-electron chi connectivity index (χ4n) is 1.70. The SMILES string of the molecule is CCCCCCc1ccc(/C=N/n2cnnc2)s1. The molecule has 0 aliphatic rings. The Labute approximate surface area is 111 Å². The van der Waals surface area contributed by atoms with Crippen LogP contribution in [0.15, 0.2) is 29.9 Å².